The number of alkyl carbamates (subject to hydrolysis) is 1. The van der Waals surface area contributed by atoms with E-state index in [1.54, 1.807) is 0 Å². The molecule has 0 aliphatic carbocycles. The van der Waals surface area contributed by atoms with Crippen molar-refractivity contribution in [3.05, 3.63) is 0 Å². The van der Waals surface area contributed by atoms with Crippen LogP contribution in [0, 0.1) is 0 Å². The highest BCUT2D eigenvalue weighted by Crippen LogP contribution is 2.19. The van der Waals surface area contributed by atoms with Gasteiger partial charge < -0.3 is 20.7 Å². The van der Waals surface area contributed by atoms with Crippen LogP contribution in [0.4, 0.5) is 4.79 Å². The molecule has 0 aromatic rings. The highest BCUT2D eigenvalue weighted by atomic mass is 16.6. The standard InChI is InChI=1S/C19H39N5O2/c1-5-17(23-12-9-20-10-13-23)24-14-11-21-15-16(24)7-6-8-22-18(25)26-19(2,3)4/h16-17,20-21H,5-15H2,1-4H3,(H,22,25). The van der Waals surface area contributed by atoms with E-state index in [1.165, 1.54) is 0 Å². The second-order valence-corrected chi connectivity index (χ2v) is 8.34. The zero-order valence-corrected chi connectivity index (χ0v) is 17.1. The van der Waals surface area contributed by atoms with E-state index in [1.807, 2.05) is 20.8 Å². The minimum Gasteiger partial charge on any atom is -0.444 e. The van der Waals surface area contributed by atoms with Crippen LogP contribution >= 0.6 is 0 Å². The number of piperazine rings is 2. The van der Waals surface area contributed by atoms with Crippen molar-refractivity contribution in [1.82, 2.24) is 25.8 Å². The van der Waals surface area contributed by atoms with Gasteiger partial charge in [-0.25, -0.2) is 4.79 Å². The molecule has 0 saturated carbocycles. The van der Waals surface area contributed by atoms with Crippen molar-refractivity contribution in [2.24, 2.45) is 0 Å². The van der Waals surface area contributed by atoms with E-state index in [4.69, 9.17) is 4.74 Å². The van der Waals surface area contributed by atoms with E-state index < -0.39 is 5.60 Å². The summed E-state index contributed by atoms with van der Waals surface area (Å²) in [6.45, 7) is 16.3. The van der Waals surface area contributed by atoms with E-state index in [-0.39, 0.29) is 6.09 Å². The molecule has 152 valence electrons. The Morgan fingerprint density at radius 2 is 1.88 bits per heavy atom. The van der Waals surface area contributed by atoms with Crippen molar-refractivity contribution in [3.8, 4) is 0 Å². The van der Waals surface area contributed by atoms with Gasteiger partial charge in [-0.05, 0) is 40.0 Å². The van der Waals surface area contributed by atoms with Gasteiger partial charge in [0.2, 0.25) is 0 Å². The Morgan fingerprint density at radius 3 is 2.54 bits per heavy atom. The van der Waals surface area contributed by atoms with Crippen LogP contribution in [0.5, 0.6) is 0 Å². The number of nitrogens with zero attached hydrogens (tertiary/aromatic N) is 2. The second kappa shape index (κ2) is 10.4. The minimum absolute atomic E-state index is 0.316. The van der Waals surface area contributed by atoms with Gasteiger partial charge in [0, 0.05) is 58.4 Å². The zero-order chi connectivity index (χ0) is 19.0. The van der Waals surface area contributed by atoms with E-state index in [2.05, 4.69) is 32.7 Å². The average molecular weight is 370 g/mol. The van der Waals surface area contributed by atoms with Gasteiger partial charge in [0.1, 0.15) is 5.60 Å². The molecule has 0 bridgehead atoms. The maximum atomic E-state index is 11.8. The Hall–Kier alpha value is -0.890. The Morgan fingerprint density at radius 1 is 1.19 bits per heavy atom. The van der Waals surface area contributed by atoms with E-state index in [0.29, 0.717) is 18.8 Å². The third kappa shape index (κ3) is 7.02. The third-order valence-corrected chi connectivity index (χ3v) is 5.10. The number of amides is 1. The van der Waals surface area contributed by atoms with Crippen molar-refractivity contribution < 1.29 is 9.53 Å². The molecule has 3 N–H and O–H groups in total. The summed E-state index contributed by atoms with van der Waals surface area (Å²) in [6, 6.07) is 0.532. The predicted molar refractivity (Wildman–Crippen MR) is 105 cm³/mol. The Bertz CT molecular complexity index is 421. The predicted octanol–water partition coefficient (Wildman–Crippen LogP) is 1.21. The van der Waals surface area contributed by atoms with Gasteiger partial charge in [-0.15, -0.1) is 0 Å². The van der Waals surface area contributed by atoms with Crippen molar-refractivity contribution in [2.45, 2.75) is 64.8 Å². The van der Waals surface area contributed by atoms with Crippen LogP contribution in [0.2, 0.25) is 0 Å². The first-order valence-corrected chi connectivity index (χ1v) is 10.3. The molecule has 2 saturated heterocycles. The number of hydrogen-bond donors (Lipinski definition) is 3. The number of nitrogens with one attached hydrogen (secondary N) is 3. The lowest BCUT2D eigenvalue weighted by Gasteiger charge is -2.47. The SMILES string of the molecule is CCC(N1CCNCC1)N1CCNCC1CCCNC(=O)OC(C)(C)C. The molecule has 2 rings (SSSR count). The number of carbonyl (C=O) groups is 1. The van der Waals surface area contributed by atoms with Gasteiger partial charge in [-0.1, -0.05) is 6.92 Å². The maximum absolute atomic E-state index is 11.8. The Kier molecular flexibility index (Phi) is 8.60. The van der Waals surface area contributed by atoms with Crippen LogP contribution in [0.3, 0.4) is 0 Å². The van der Waals surface area contributed by atoms with Crippen LogP contribution in [0.25, 0.3) is 0 Å². The third-order valence-electron chi connectivity index (χ3n) is 5.10. The van der Waals surface area contributed by atoms with Gasteiger partial charge in [-0.2, -0.15) is 0 Å². The zero-order valence-electron chi connectivity index (χ0n) is 17.1. The molecule has 2 unspecified atom stereocenters. The molecule has 0 aromatic heterocycles. The summed E-state index contributed by atoms with van der Waals surface area (Å²) in [7, 11) is 0. The van der Waals surface area contributed by atoms with Crippen LogP contribution in [-0.4, -0.2) is 86.1 Å². The minimum atomic E-state index is -0.439. The van der Waals surface area contributed by atoms with Gasteiger partial charge >= 0.3 is 6.09 Å². The monoisotopic (exact) mass is 369 g/mol. The number of rotatable bonds is 7. The average Bonchev–Trinajstić information content (AvgIpc) is 2.60. The molecule has 2 atom stereocenters. The quantitative estimate of drug-likeness (QED) is 0.586. The van der Waals surface area contributed by atoms with Crippen LogP contribution in [0.15, 0.2) is 0 Å². The van der Waals surface area contributed by atoms with E-state index in [9.17, 15) is 4.79 Å². The molecule has 2 heterocycles. The van der Waals surface area contributed by atoms with Crippen LogP contribution in [0.1, 0.15) is 47.0 Å². The Labute approximate surface area is 159 Å². The summed E-state index contributed by atoms with van der Waals surface area (Å²) in [5.41, 5.74) is -0.439. The fraction of sp³-hybridized carbons (Fsp3) is 0.947. The summed E-state index contributed by atoms with van der Waals surface area (Å²) < 4.78 is 5.30. The summed E-state index contributed by atoms with van der Waals surface area (Å²) in [5, 5.41) is 9.88. The summed E-state index contributed by atoms with van der Waals surface area (Å²) in [4.78, 5) is 17.1. The maximum Gasteiger partial charge on any atom is 0.407 e. The number of carbonyl (C=O) groups excluding carboxylic acids is 1. The van der Waals surface area contributed by atoms with Crippen LogP contribution in [-0.2, 0) is 4.74 Å². The molecular formula is C19H39N5O2. The van der Waals surface area contributed by atoms with Gasteiger partial charge in [0.25, 0.3) is 0 Å². The lowest BCUT2D eigenvalue weighted by Crippen LogP contribution is -2.62. The van der Waals surface area contributed by atoms with Crippen molar-refractivity contribution in [2.75, 3.05) is 52.4 Å². The summed E-state index contributed by atoms with van der Waals surface area (Å²) in [6.07, 6.45) is 3.43. The molecule has 1 amide bonds. The topological polar surface area (TPSA) is 68.9 Å². The van der Waals surface area contributed by atoms with Crippen molar-refractivity contribution in [1.29, 1.82) is 0 Å². The Balaban J connectivity index is 1.79. The molecule has 0 spiro atoms. The molecule has 2 fully saturated rings. The van der Waals surface area contributed by atoms with Crippen molar-refractivity contribution in [3.63, 3.8) is 0 Å². The molecule has 7 heteroatoms. The highest BCUT2D eigenvalue weighted by molar-refractivity contribution is 5.67. The second-order valence-electron chi connectivity index (χ2n) is 8.34. The first-order chi connectivity index (χ1) is 12.4. The molecule has 26 heavy (non-hydrogen) atoms. The molecular weight excluding hydrogens is 330 g/mol. The van der Waals surface area contributed by atoms with Gasteiger partial charge in [0.05, 0.1) is 6.17 Å². The fourth-order valence-corrected chi connectivity index (χ4v) is 3.96. The molecule has 0 radical (unpaired) electrons. The van der Waals surface area contributed by atoms with E-state index >= 15 is 0 Å². The summed E-state index contributed by atoms with van der Waals surface area (Å²) in [5.74, 6) is 0. The van der Waals surface area contributed by atoms with E-state index in [0.717, 1.165) is 65.1 Å². The largest absolute Gasteiger partial charge is 0.444 e. The molecule has 7 nitrogen and oxygen atoms in total. The fourth-order valence-electron chi connectivity index (χ4n) is 3.96. The highest BCUT2D eigenvalue weighted by Gasteiger charge is 2.31. The number of ether oxygens (including phenoxy) is 1. The lowest BCUT2D eigenvalue weighted by molar-refractivity contribution is -0.0112. The van der Waals surface area contributed by atoms with Gasteiger partial charge in [0.15, 0.2) is 0 Å². The molecule has 2 aliphatic rings. The number of hydrogen-bond acceptors (Lipinski definition) is 6. The normalized spacial score (nSPS) is 24.2. The first-order valence-electron chi connectivity index (χ1n) is 10.3. The smallest absolute Gasteiger partial charge is 0.407 e. The molecule has 0 aromatic carbocycles. The van der Waals surface area contributed by atoms with Crippen molar-refractivity contribution >= 4 is 6.09 Å². The summed E-state index contributed by atoms with van der Waals surface area (Å²) >= 11 is 0. The first kappa shape index (κ1) is 21.4. The van der Waals surface area contributed by atoms with Gasteiger partial charge in [-0.3, -0.25) is 9.80 Å². The lowest BCUT2D eigenvalue weighted by atomic mass is 10.0. The van der Waals surface area contributed by atoms with Crippen LogP contribution < -0.4 is 16.0 Å². The molecule has 2 aliphatic heterocycles.